The van der Waals surface area contributed by atoms with E-state index in [9.17, 15) is 0 Å². The van der Waals surface area contributed by atoms with Crippen LogP contribution in [0.1, 0.15) is 13.8 Å². The van der Waals surface area contributed by atoms with Gasteiger partial charge in [-0.25, -0.2) is 0 Å². The number of halogens is 1. The van der Waals surface area contributed by atoms with Gasteiger partial charge in [0.2, 0.25) is 0 Å². The third-order valence-electron chi connectivity index (χ3n) is 1.76. The van der Waals surface area contributed by atoms with Gasteiger partial charge in [0.15, 0.2) is 5.76 Å². The molecule has 0 aromatic carbocycles. The van der Waals surface area contributed by atoms with Crippen LogP contribution in [0.5, 0.6) is 0 Å². The SMILES string of the molecule is CO/C(C(=N)Br)=C1/NC=C(C)N=C1C. The van der Waals surface area contributed by atoms with Crippen molar-refractivity contribution < 1.29 is 4.74 Å². The van der Waals surface area contributed by atoms with Crippen molar-refractivity contribution in [2.45, 2.75) is 13.8 Å². The summed E-state index contributed by atoms with van der Waals surface area (Å²) in [6.07, 6.45) is 1.78. The van der Waals surface area contributed by atoms with E-state index < -0.39 is 0 Å². The monoisotopic (exact) mass is 257 g/mol. The van der Waals surface area contributed by atoms with E-state index in [1.165, 1.54) is 7.11 Å². The third-order valence-corrected chi connectivity index (χ3v) is 2.12. The van der Waals surface area contributed by atoms with E-state index in [-0.39, 0.29) is 4.62 Å². The fourth-order valence-electron chi connectivity index (χ4n) is 1.17. The van der Waals surface area contributed by atoms with Crippen LogP contribution in [0.15, 0.2) is 28.3 Å². The number of ether oxygens (including phenoxy) is 1. The number of hydrogen-bond acceptors (Lipinski definition) is 4. The molecule has 0 aromatic rings. The summed E-state index contributed by atoms with van der Waals surface area (Å²) in [6, 6.07) is 0. The maximum absolute atomic E-state index is 7.45. The fraction of sp³-hybridized carbons (Fsp3) is 0.333. The average Bonchev–Trinajstić information content (AvgIpc) is 2.09. The molecule has 0 amide bonds. The Balaban J connectivity index is 3.11. The number of nitrogens with zero attached hydrogens (tertiary/aromatic N) is 1. The highest BCUT2D eigenvalue weighted by Gasteiger charge is 2.15. The zero-order valence-electron chi connectivity index (χ0n) is 8.31. The van der Waals surface area contributed by atoms with E-state index in [0.717, 1.165) is 17.1 Å². The summed E-state index contributed by atoms with van der Waals surface area (Å²) in [5, 5.41) is 10.5. The lowest BCUT2D eigenvalue weighted by Gasteiger charge is -2.16. The fourth-order valence-corrected chi connectivity index (χ4v) is 1.53. The Morgan fingerprint density at radius 3 is 2.64 bits per heavy atom. The predicted octanol–water partition coefficient (Wildman–Crippen LogP) is 2.14. The van der Waals surface area contributed by atoms with Gasteiger partial charge in [0.1, 0.15) is 10.3 Å². The maximum Gasteiger partial charge on any atom is 0.176 e. The maximum atomic E-state index is 7.45. The molecule has 0 radical (unpaired) electrons. The van der Waals surface area contributed by atoms with Crippen LogP contribution in [-0.2, 0) is 4.74 Å². The summed E-state index contributed by atoms with van der Waals surface area (Å²) >= 11 is 3.06. The van der Waals surface area contributed by atoms with Crippen molar-refractivity contribution in [3.05, 3.63) is 23.4 Å². The Hall–Kier alpha value is -1.10. The van der Waals surface area contributed by atoms with Gasteiger partial charge in [-0.05, 0) is 29.8 Å². The molecule has 0 fully saturated rings. The molecule has 5 heteroatoms. The highest BCUT2D eigenvalue weighted by Crippen LogP contribution is 2.14. The second-order valence-electron chi connectivity index (χ2n) is 2.85. The van der Waals surface area contributed by atoms with Gasteiger partial charge in [0.05, 0.1) is 18.5 Å². The molecule has 0 saturated heterocycles. The predicted molar refractivity (Wildman–Crippen MR) is 60.7 cm³/mol. The van der Waals surface area contributed by atoms with E-state index in [1.807, 2.05) is 13.8 Å². The van der Waals surface area contributed by atoms with Gasteiger partial charge in [0, 0.05) is 6.20 Å². The van der Waals surface area contributed by atoms with Crippen LogP contribution in [0, 0.1) is 5.41 Å². The summed E-state index contributed by atoms with van der Waals surface area (Å²) in [5.74, 6) is 0.454. The molecule has 1 heterocycles. The first-order valence-corrected chi connectivity index (χ1v) is 4.87. The third kappa shape index (κ3) is 2.23. The summed E-state index contributed by atoms with van der Waals surface area (Å²) in [5.41, 5.74) is 2.44. The summed E-state index contributed by atoms with van der Waals surface area (Å²) in [4.78, 5) is 4.28. The molecule has 1 aliphatic rings. The summed E-state index contributed by atoms with van der Waals surface area (Å²) < 4.78 is 5.29. The summed E-state index contributed by atoms with van der Waals surface area (Å²) in [7, 11) is 1.53. The van der Waals surface area contributed by atoms with Crippen LogP contribution < -0.4 is 5.32 Å². The smallest absolute Gasteiger partial charge is 0.176 e. The Bertz CT molecular complexity index is 355. The molecule has 0 aromatic heterocycles. The van der Waals surface area contributed by atoms with Gasteiger partial charge < -0.3 is 10.1 Å². The number of hydrogen-bond donors (Lipinski definition) is 2. The second-order valence-corrected chi connectivity index (χ2v) is 3.64. The first kappa shape index (κ1) is 11.0. The standard InChI is InChI=1S/C9H12BrN3O/c1-5-4-12-7(6(2)13-5)8(14-3)9(10)11/h4,11-12H,1-3H3/b8-7+,11-9?. The quantitative estimate of drug-likeness (QED) is 0.589. The van der Waals surface area contributed by atoms with Crippen molar-refractivity contribution in [2.75, 3.05) is 7.11 Å². The second kappa shape index (κ2) is 4.41. The van der Waals surface area contributed by atoms with Crippen molar-refractivity contribution in [3.8, 4) is 0 Å². The number of allylic oxidation sites excluding steroid dienone is 3. The first-order chi connectivity index (χ1) is 6.56. The first-order valence-electron chi connectivity index (χ1n) is 4.08. The molecule has 1 aliphatic heterocycles. The molecule has 0 aliphatic carbocycles. The van der Waals surface area contributed by atoms with Crippen molar-refractivity contribution in [1.29, 1.82) is 5.41 Å². The zero-order valence-corrected chi connectivity index (χ0v) is 9.90. The number of aliphatic imine (C=N–C) groups is 1. The van der Waals surface area contributed by atoms with Crippen LogP contribution in [0.25, 0.3) is 0 Å². The highest BCUT2D eigenvalue weighted by molar-refractivity contribution is 9.18. The van der Waals surface area contributed by atoms with E-state index >= 15 is 0 Å². The van der Waals surface area contributed by atoms with Gasteiger partial charge in [-0.15, -0.1) is 0 Å². The zero-order chi connectivity index (χ0) is 10.7. The lowest BCUT2D eigenvalue weighted by Crippen LogP contribution is -2.22. The number of rotatable bonds is 2. The van der Waals surface area contributed by atoms with Gasteiger partial charge in [-0.1, -0.05) is 0 Å². The molecule has 0 spiro atoms. The molecule has 2 N–H and O–H groups in total. The molecule has 0 unspecified atom stereocenters. The Labute approximate surface area is 91.4 Å². The van der Waals surface area contributed by atoms with E-state index in [1.54, 1.807) is 6.20 Å². The molecule has 76 valence electrons. The van der Waals surface area contributed by atoms with Crippen LogP contribution in [-0.4, -0.2) is 17.4 Å². The Morgan fingerprint density at radius 1 is 1.57 bits per heavy atom. The topological polar surface area (TPSA) is 57.5 Å². The normalized spacial score (nSPS) is 19.1. The molecule has 0 bridgehead atoms. The highest BCUT2D eigenvalue weighted by atomic mass is 79.9. The average molecular weight is 258 g/mol. The van der Waals surface area contributed by atoms with Crippen LogP contribution >= 0.6 is 15.9 Å². The number of methoxy groups -OCH3 is 1. The minimum atomic E-state index is 0.199. The lowest BCUT2D eigenvalue weighted by molar-refractivity contribution is 0.312. The lowest BCUT2D eigenvalue weighted by atomic mass is 10.2. The molecule has 0 atom stereocenters. The van der Waals surface area contributed by atoms with E-state index in [2.05, 4.69) is 26.2 Å². The van der Waals surface area contributed by atoms with Gasteiger partial charge in [-0.3, -0.25) is 10.4 Å². The molecule has 4 nitrogen and oxygen atoms in total. The van der Waals surface area contributed by atoms with Gasteiger partial charge >= 0.3 is 0 Å². The summed E-state index contributed by atoms with van der Waals surface area (Å²) in [6.45, 7) is 3.77. The van der Waals surface area contributed by atoms with E-state index in [0.29, 0.717) is 5.76 Å². The van der Waals surface area contributed by atoms with Crippen molar-refractivity contribution in [3.63, 3.8) is 0 Å². The minimum Gasteiger partial charge on any atom is -0.492 e. The van der Waals surface area contributed by atoms with Gasteiger partial charge in [0.25, 0.3) is 0 Å². The van der Waals surface area contributed by atoms with Crippen LogP contribution in [0.4, 0.5) is 0 Å². The molecule has 1 rings (SSSR count). The number of nitrogens with one attached hydrogen (secondary N) is 2. The molecule has 0 saturated carbocycles. The Morgan fingerprint density at radius 2 is 2.21 bits per heavy atom. The molecule has 14 heavy (non-hydrogen) atoms. The van der Waals surface area contributed by atoms with E-state index in [4.69, 9.17) is 10.1 Å². The van der Waals surface area contributed by atoms with Crippen molar-refractivity contribution in [2.24, 2.45) is 4.99 Å². The Kier molecular flexibility index (Phi) is 3.46. The minimum absolute atomic E-state index is 0.199. The van der Waals surface area contributed by atoms with Crippen LogP contribution in [0.2, 0.25) is 0 Å². The van der Waals surface area contributed by atoms with Gasteiger partial charge in [-0.2, -0.15) is 0 Å². The molecular formula is C9H12BrN3O. The molecular weight excluding hydrogens is 246 g/mol. The van der Waals surface area contributed by atoms with Crippen molar-refractivity contribution in [1.82, 2.24) is 5.32 Å². The van der Waals surface area contributed by atoms with Crippen LogP contribution in [0.3, 0.4) is 0 Å². The van der Waals surface area contributed by atoms with Crippen molar-refractivity contribution >= 4 is 26.3 Å². The largest absolute Gasteiger partial charge is 0.492 e.